The first-order valence-corrected chi connectivity index (χ1v) is 6.37. The second kappa shape index (κ2) is 7.33. The Morgan fingerprint density at radius 2 is 2.15 bits per heavy atom. The van der Waals surface area contributed by atoms with Crippen molar-refractivity contribution in [1.29, 1.82) is 0 Å². The molecule has 1 aromatic rings. The Labute approximate surface area is 118 Å². The minimum Gasteiger partial charge on any atom is -0.495 e. The highest BCUT2D eigenvalue weighted by molar-refractivity contribution is 5.94. The number of aliphatic carboxylic acids is 1. The average molecular weight is 277 g/mol. The van der Waals surface area contributed by atoms with Gasteiger partial charge in [0.1, 0.15) is 5.75 Å². The zero-order valence-electron chi connectivity index (χ0n) is 11.8. The number of nitrogens with one attached hydrogen (secondary N) is 1. The summed E-state index contributed by atoms with van der Waals surface area (Å²) >= 11 is 0. The number of carbonyl (C=O) groups is 2. The van der Waals surface area contributed by atoms with Gasteiger partial charge in [-0.1, -0.05) is 19.9 Å². The highest BCUT2D eigenvalue weighted by Crippen LogP contribution is 2.26. The van der Waals surface area contributed by atoms with E-state index >= 15 is 0 Å². The second-order valence-electron chi connectivity index (χ2n) is 4.43. The fourth-order valence-electron chi connectivity index (χ4n) is 1.54. The summed E-state index contributed by atoms with van der Waals surface area (Å²) < 4.78 is 5.19. The van der Waals surface area contributed by atoms with Crippen molar-refractivity contribution in [3.63, 3.8) is 0 Å². The number of hydrogen-bond acceptors (Lipinski definition) is 3. The van der Waals surface area contributed by atoms with Crippen LogP contribution in [0.3, 0.4) is 0 Å². The maximum atomic E-state index is 11.9. The maximum Gasteiger partial charge on any atom is 0.328 e. The van der Waals surface area contributed by atoms with E-state index in [-0.39, 0.29) is 11.8 Å². The van der Waals surface area contributed by atoms with Crippen LogP contribution in [0.5, 0.6) is 5.75 Å². The number of ether oxygens (including phenoxy) is 1. The molecule has 0 saturated carbocycles. The summed E-state index contributed by atoms with van der Waals surface area (Å²) in [6.07, 6.45) is 3.25. The van der Waals surface area contributed by atoms with Gasteiger partial charge in [-0.3, -0.25) is 4.79 Å². The van der Waals surface area contributed by atoms with Gasteiger partial charge in [-0.2, -0.15) is 0 Å². The van der Waals surface area contributed by atoms with E-state index in [1.807, 2.05) is 13.8 Å². The molecule has 0 fully saturated rings. The Hall–Kier alpha value is -2.30. The van der Waals surface area contributed by atoms with Gasteiger partial charge in [0.15, 0.2) is 0 Å². The summed E-state index contributed by atoms with van der Waals surface area (Å²) in [5.41, 5.74) is 1.21. The van der Waals surface area contributed by atoms with Crippen LogP contribution < -0.4 is 10.1 Å². The minimum absolute atomic E-state index is 0.0924. The quantitative estimate of drug-likeness (QED) is 0.784. The van der Waals surface area contributed by atoms with Gasteiger partial charge in [0.2, 0.25) is 5.91 Å². The number of benzene rings is 1. The summed E-state index contributed by atoms with van der Waals surface area (Å²) in [6.45, 7) is 3.78. The van der Waals surface area contributed by atoms with Crippen LogP contribution in [0.2, 0.25) is 0 Å². The van der Waals surface area contributed by atoms with E-state index in [1.54, 1.807) is 18.2 Å². The van der Waals surface area contributed by atoms with Crippen LogP contribution in [0.15, 0.2) is 24.3 Å². The summed E-state index contributed by atoms with van der Waals surface area (Å²) in [7, 11) is 1.51. The van der Waals surface area contributed by atoms with Gasteiger partial charge in [0.05, 0.1) is 12.8 Å². The number of methoxy groups -OCH3 is 1. The highest BCUT2D eigenvalue weighted by Gasteiger charge is 2.13. The van der Waals surface area contributed by atoms with Crippen LogP contribution in [0.4, 0.5) is 5.69 Å². The molecule has 1 amide bonds. The number of carbonyl (C=O) groups excluding carboxylic acids is 1. The molecule has 0 saturated heterocycles. The zero-order chi connectivity index (χ0) is 15.1. The summed E-state index contributed by atoms with van der Waals surface area (Å²) in [5.74, 6) is -0.678. The van der Waals surface area contributed by atoms with Crippen LogP contribution >= 0.6 is 0 Å². The number of hydrogen-bond donors (Lipinski definition) is 2. The van der Waals surface area contributed by atoms with Crippen molar-refractivity contribution in [1.82, 2.24) is 0 Å². The molecule has 0 bridgehead atoms. The van der Waals surface area contributed by atoms with Crippen molar-refractivity contribution in [2.24, 2.45) is 5.92 Å². The maximum absolute atomic E-state index is 11.9. The number of rotatable bonds is 6. The molecule has 0 heterocycles. The topological polar surface area (TPSA) is 75.6 Å². The summed E-state index contributed by atoms with van der Waals surface area (Å²) in [5, 5.41) is 11.4. The smallest absolute Gasteiger partial charge is 0.328 e. The lowest BCUT2D eigenvalue weighted by Crippen LogP contribution is -2.20. The van der Waals surface area contributed by atoms with Crippen molar-refractivity contribution in [2.45, 2.75) is 20.3 Å². The highest BCUT2D eigenvalue weighted by atomic mass is 16.5. The molecule has 1 aromatic carbocycles. The van der Waals surface area contributed by atoms with E-state index < -0.39 is 5.97 Å². The van der Waals surface area contributed by atoms with Gasteiger partial charge in [0, 0.05) is 12.0 Å². The number of amides is 1. The first-order valence-electron chi connectivity index (χ1n) is 6.37. The lowest BCUT2D eigenvalue weighted by atomic mass is 10.1. The molecule has 1 unspecified atom stereocenters. The Kier molecular flexibility index (Phi) is 5.77. The van der Waals surface area contributed by atoms with E-state index in [9.17, 15) is 9.59 Å². The monoisotopic (exact) mass is 277 g/mol. The van der Waals surface area contributed by atoms with Crippen LogP contribution in [-0.4, -0.2) is 24.1 Å². The SMILES string of the molecule is CCC(C)C(=O)Nc1cc(C=CC(=O)O)ccc1OC. The molecular formula is C15H19NO4. The fourth-order valence-corrected chi connectivity index (χ4v) is 1.54. The van der Waals surface area contributed by atoms with Gasteiger partial charge in [-0.15, -0.1) is 0 Å². The van der Waals surface area contributed by atoms with Crippen LogP contribution in [0.1, 0.15) is 25.8 Å². The van der Waals surface area contributed by atoms with E-state index in [0.717, 1.165) is 12.5 Å². The fraction of sp³-hybridized carbons (Fsp3) is 0.333. The largest absolute Gasteiger partial charge is 0.495 e. The molecule has 2 N–H and O–H groups in total. The van der Waals surface area contributed by atoms with Crippen molar-refractivity contribution in [3.8, 4) is 5.75 Å². The van der Waals surface area contributed by atoms with Crippen LogP contribution in [-0.2, 0) is 9.59 Å². The molecule has 5 nitrogen and oxygen atoms in total. The molecule has 1 atom stereocenters. The van der Waals surface area contributed by atoms with Gasteiger partial charge >= 0.3 is 5.97 Å². The Morgan fingerprint density at radius 3 is 2.70 bits per heavy atom. The Morgan fingerprint density at radius 1 is 1.45 bits per heavy atom. The molecule has 0 aromatic heterocycles. The van der Waals surface area contributed by atoms with Gasteiger partial charge in [-0.25, -0.2) is 4.79 Å². The molecule has 0 aliphatic carbocycles. The van der Waals surface area contributed by atoms with E-state index in [2.05, 4.69) is 5.32 Å². The molecule has 108 valence electrons. The normalized spacial score (nSPS) is 12.2. The predicted molar refractivity (Wildman–Crippen MR) is 77.7 cm³/mol. The number of anilines is 1. The Balaban J connectivity index is 3.00. The van der Waals surface area contributed by atoms with Crippen LogP contribution in [0.25, 0.3) is 6.08 Å². The van der Waals surface area contributed by atoms with Crippen molar-refractivity contribution >= 4 is 23.6 Å². The molecule has 1 rings (SSSR count). The Bertz CT molecular complexity index is 523. The van der Waals surface area contributed by atoms with E-state index in [0.29, 0.717) is 17.0 Å². The van der Waals surface area contributed by atoms with Crippen molar-refractivity contribution in [2.75, 3.05) is 12.4 Å². The van der Waals surface area contributed by atoms with Crippen molar-refractivity contribution in [3.05, 3.63) is 29.8 Å². The molecule has 0 aliphatic rings. The third-order valence-corrected chi connectivity index (χ3v) is 2.96. The van der Waals surface area contributed by atoms with Gasteiger partial charge in [-0.05, 0) is 30.2 Å². The van der Waals surface area contributed by atoms with E-state index in [4.69, 9.17) is 9.84 Å². The molecule has 0 aliphatic heterocycles. The van der Waals surface area contributed by atoms with Gasteiger partial charge < -0.3 is 15.2 Å². The third kappa shape index (κ3) is 4.42. The number of carboxylic acids is 1. The lowest BCUT2D eigenvalue weighted by molar-refractivity contribution is -0.131. The summed E-state index contributed by atoms with van der Waals surface area (Å²) in [6, 6.07) is 5.09. The number of carboxylic acid groups (broad SMARTS) is 1. The molecular weight excluding hydrogens is 258 g/mol. The molecule has 0 radical (unpaired) electrons. The lowest BCUT2D eigenvalue weighted by Gasteiger charge is -2.13. The standard InChI is InChI=1S/C15H19NO4/c1-4-10(2)15(19)16-12-9-11(6-8-14(17)18)5-7-13(12)20-3/h5-10H,4H2,1-3H3,(H,16,19)(H,17,18). The average Bonchev–Trinajstić information content (AvgIpc) is 2.44. The zero-order valence-corrected chi connectivity index (χ0v) is 11.8. The third-order valence-electron chi connectivity index (χ3n) is 2.96. The van der Waals surface area contributed by atoms with Gasteiger partial charge in [0.25, 0.3) is 0 Å². The molecule has 5 heteroatoms. The summed E-state index contributed by atoms with van der Waals surface area (Å²) in [4.78, 5) is 22.4. The van der Waals surface area contributed by atoms with Crippen LogP contribution in [0, 0.1) is 5.92 Å². The molecule has 20 heavy (non-hydrogen) atoms. The first kappa shape index (κ1) is 15.8. The van der Waals surface area contributed by atoms with Crippen molar-refractivity contribution < 1.29 is 19.4 Å². The first-order chi connectivity index (χ1) is 9.47. The van der Waals surface area contributed by atoms with E-state index in [1.165, 1.54) is 13.2 Å². The predicted octanol–water partition coefficient (Wildman–Crippen LogP) is 2.78. The minimum atomic E-state index is -1.02. The second-order valence-corrected chi connectivity index (χ2v) is 4.43. The molecule has 0 spiro atoms.